The molecule has 0 bridgehead atoms. The zero-order valence-corrected chi connectivity index (χ0v) is 15.3. The van der Waals surface area contributed by atoms with Gasteiger partial charge < -0.3 is 24.0 Å². The molecule has 8 nitrogen and oxygen atoms in total. The van der Waals surface area contributed by atoms with Gasteiger partial charge in [0.2, 0.25) is 11.7 Å². The first-order valence-corrected chi connectivity index (χ1v) is 8.96. The number of piperazine rings is 1. The Bertz CT molecular complexity index is 1030. The van der Waals surface area contributed by atoms with Crippen molar-refractivity contribution < 1.29 is 23.2 Å². The zero-order valence-electron chi connectivity index (χ0n) is 15.3. The minimum atomic E-state index is -0.315. The third-order valence-electron chi connectivity index (χ3n) is 4.68. The van der Waals surface area contributed by atoms with Crippen LogP contribution in [0.2, 0.25) is 0 Å². The maximum atomic E-state index is 13.0. The van der Waals surface area contributed by atoms with E-state index in [0.29, 0.717) is 42.8 Å². The van der Waals surface area contributed by atoms with Crippen LogP contribution in [0.1, 0.15) is 28.0 Å². The maximum Gasteiger partial charge on any atom is 0.291 e. The molecular formula is C20H19N3O5. The number of anilines is 1. The first-order valence-electron chi connectivity index (χ1n) is 8.96. The van der Waals surface area contributed by atoms with E-state index in [9.17, 15) is 14.4 Å². The van der Waals surface area contributed by atoms with E-state index in [0.717, 1.165) is 0 Å². The molecule has 3 amide bonds. The molecule has 4 rings (SSSR count). The lowest BCUT2D eigenvalue weighted by Crippen LogP contribution is -2.50. The van der Waals surface area contributed by atoms with Crippen molar-refractivity contribution in [3.8, 4) is 0 Å². The Labute approximate surface area is 160 Å². The fourth-order valence-electron chi connectivity index (χ4n) is 3.31. The van der Waals surface area contributed by atoms with Crippen molar-refractivity contribution in [1.29, 1.82) is 0 Å². The van der Waals surface area contributed by atoms with E-state index in [1.165, 1.54) is 13.2 Å². The largest absolute Gasteiger partial charge is 0.459 e. The van der Waals surface area contributed by atoms with Crippen molar-refractivity contribution in [3.63, 3.8) is 0 Å². The van der Waals surface area contributed by atoms with E-state index < -0.39 is 0 Å². The van der Waals surface area contributed by atoms with Gasteiger partial charge in [0, 0.05) is 38.5 Å². The molecule has 0 aliphatic carbocycles. The number of carbonyl (C=O) groups is 3. The fourth-order valence-corrected chi connectivity index (χ4v) is 3.31. The summed E-state index contributed by atoms with van der Waals surface area (Å²) in [5.41, 5.74) is 0.906. The number of furan rings is 2. The maximum absolute atomic E-state index is 13.0. The molecule has 28 heavy (non-hydrogen) atoms. The Hall–Kier alpha value is -3.55. The summed E-state index contributed by atoms with van der Waals surface area (Å²) in [4.78, 5) is 40.3. The number of benzene rings is 1. The van der Waals surface area contributed by atoms with Gasteiger partial charge in [-0.1, -0.05) is 12.1 Å². The number of amides is 3. The van der Waals surface area contributed by atoms with Gasteiger partial charge in [0.05, 0.1) is 6.26 Å². The molecule has 1 aromatic carbocycles. The lowest BCUT2D eigenvalue weighted by Gasteiger charge is -2.34. The van der Waals surface area contributed by atoms with Gasteiger partial charge in [-0.2, -0.15) is 0 Å². The van der Waals surface area contributed by atoms with E-state index in [1.54, 1.807) is 40.1 Å². The summed E-state index contributed by atoms with van der Waals surface area (Å²) >= 11 is 0. The number of nitrogens with one attached hydrogen (secondary N) is 1. The second-order valence-corrected chi connectivity index (χ2v) is 6.55. The molecule has 1 fully saturated rings. The zero-order chi connectivity index (χ0) is 19.7. The van der Waals surface area contributed by atoms with Crippen molar-refractivity contribution >= 4 is 34.4 Å². The van der Waals surface area contributed by atoms with Crippen molar-refractivity contribution in [2.75, 3.05) is 31.5 Å². The van der Waals surface area contributed by atoms with Gasteiger partial charge in [-0.15, -0.1) is 0 Å². The molecule has 0 spiro atoms. The average molecular weight is 381 g/mol. The number of hydrogen-bond donors (Lipinski definition) is 1. The summed E-state index contributed by atoms with van der Waals surface area (Å²) in [6.07, 6.45) is 1.46. The highest BCUT2D eigenvalue weighted by molar-refractivity contribution is 6.10. The minimum absolute atomic E-state index is 0.0993. The van der Waals surface area contributed by atoms with Gasteiger partial charge in [-0.05, 0) is 24.3 Å². The summed E-state index contributed by atoms with van der Waals surface area (Å²) in [6.45, 7) is 2.89. The molecule has 1 saturated heterocycles. The van der Waals surface area contributed by atoms with Gasteiger partial charge >= 0.3 is 0 Å². The Morgan fingerprint density at radius 1 is 0.929 bits per heavy atom. The van der Waals surface area contributed by atoms with Crippen LogP contribution >= 0.6 is 0 Å². The lowest BCUT2D eigenvalue weighted by molar-refractivity contribution is -0.114. The Kier molecular flexibility index (Phi) is 4.60. The van der Waals surface area contributed by atoms with E-state index in [2.05, 4.69) is 5.32 Å². The SMILES string of the molecule is CC(=O)Nc1c(C(=O)N2CCN(C(=O)c3ccco3)CC2)oc2ccccc12. The summed E-state index contributed by atoms with van der Waals surface area (Å²) in [6, 6.07) is 10.4. The van der Waals surface area contributed by atoms with Crippen LogP contribution in [0.25, 0.3) is 11.0 Å². The van der Waals surface area contributed by atoms with Crippen LogP contribution in [0, 0.1) is 0 Å². The topological polar surface area (TPSA) is 96.0 Å². The van der Waals surface area contributed by atoms with Crippen LogP contribution in [0.3, 0.4) is 0 Å². The number of nitrogens with zero attached hydrogens (tertiary/aromatic N) is 2. The van der Waals surface area contributed by atoms with Crippen molar-refractivity contribution in [2.45, 2.75) is 6.92 Å². The molecular weight excluding hydrogens is 362 g/mol. The standard InChI is InChI=1S/C20H19N3O5/c1-13(24)21-17-14-5-2-3-6-15(14)28-18(17)20(26)23-10-8-22(9-11-23)19(25)16-7-4-12-27-16/h2-7,12H,8-11H2,1H3,(H,21,24). The lowest BCUT2D eigenvalue weighted by atomic mass is 10.2. The molecule has 0 radical (unpaired) electrons. The summed E-state index contributed by atoms with van der Waals surface area (Å²) < 4.78 is 10.9. The van der Waals surface area contributed by atoms with E-state index in [1.807, 2.05) is 6.07 Å². The number of para-hydroxylation sites is 1. The summed E-state index contributed by atoms with van der Waals surface area (Å²) in [7, 11) is 0. The van der Waals surface area contributed by atoms with Crippen molar-refractivity contribution in [2.24, 2.45) is 0 Å². The quantitative estimate of drug-likeness (QED) is 0.752. The van der Waals surface area contributed by atoms with Crippen LogP contribution in [0.5, 0.6) is 0 Å². The van der Waals surface area contributed by atoms with Gasteiger partial charge in [0.25, 0.3) is 11.8 Å². The molecule has 1 N–H and O–H groups in total. The van der Waals surface area contributed by atoms with E-state index >= 15 is 0 Å². The predicted molar refractivity (Wildman–Crippen MR) is 101 cm³/mol. The monoisotopic (exact) mass is 381 g/mol. The molecule has 8 heteroatoms. The smallest absolute Gasteiger partial charge is 0.291 e. The highest BCUT2D eigenvalue weighted by Crippen LogP contribution is 2.32. The molecule has 0 atom stereocenters. The molecule has 2 aromatic heterocycles. The summed E-state index contributed by atoms with van der Waals surface area (Å²) in [5.74, 6) is -0.411. The van der Waals surface area contributed by atoms with E-state index in [4.69, 9.17) is 8.83 Å². The van der Waals surface area contributed by atoms with Crippen molar-refractivity contribution in [1.82, 2.24) is 9.80 Å². The van der Waals surface area contributed by atoms with Crippen LogP contribution in [-0.4, -0.2) is 53.7 Å². The molecule has 1 aliphatic heterocycles. The predicted octanol–water partition coefficient (Wildman–Crippen LogP) is 2.58. The molecule has 3 aromatic rings. The second-order valence-electron chi connectivity index (χ2n) is 6.55. The van der Waals surface area contributed by atoms with E-state index in [-0.39, 0.29) is 29.2 Å². The van der Waals surface area contributed by atoms with Crippen LogP contribution in [0.15, 0.2) is 51.5 Å². The number of rotatable bonds is 3. The summed E-state index contributed by atoms with van der Waals surface area (Å²) in [5, 5.41) is 3.38. The fraction of sp³-hybridized carbons (Fsp3) is 0.250. The minimum Gasteiger partial charge on any atom is -0.459 e. The molecule has 3 heterocycles. The number of hydrogen-bond acceptors (Lipinski definition) is 5. The second kappa shape index (κ2) is 7.22. The highest BCUT2D eigenvalue weighted by Gasteiger charge is 2.30. The Morgan fingerprint density at radius 3 is 2.25 bits per heavy atom. The third-order valence-corrected chi connectivity index (χ3v) is 4.68. The van der Waals surface area contributed by atoms with Crippen LogP contribution in [-0.2, 0) is 4.79 Å². The Morgan fingerprint density at radius 2 is 1.61 bits per heavy atom. The first-order chi connectivity index (χ1) is 13.5. The van der Waals surface area contributed by atoms with Crippen LogP contribution in [0.4, 0.5) is 5.69 Å². The van der Waals surface area contributed by atoms with Gasteiger partial charge in [-0.25, -0.2) is 0 Å². The van der Waals surface area contributed by atoms with Crippen LogP contribution < -0.4 is 5.32 Å². The van der Waals surface area contributed by atoms with Gasteiger partial charge in [0.15, 0.2) is 5.76 Å². The highest BCUT2D eigenvalue weighted by atomic mass is 16.4. The molecule has 0 saturated carbocycles. The molecule has 0 unspecified atom stereocenters. The average Bonchev–Trinajstić information content (AvgIpc) is 3.35. The third kappa shape index (κ3) is 3.24. The molecule has 144 valence electrons. The number of fused-ring (bicyclic) bond motifs is 1. The van der Waals surface area contributed by atoms with Crippen molar-refractivity contribution in [3.05, 3.63) is 54.2 Å². The first kappa shape index (κ1) is 17.8. The normalized spacial score (nSPS) is 14.3. The molecule has 1 aliphatic rings. The van der Waals surface area contributed by atoms with Gasteiger partial charge in [-0.3, -0.25) is 14.4 Å². The Balaban J connectivity index is 1.53. The number of carbonyl (C=O) groups excluding carboxylic acids is 3. The van der Waals surface area contributed by atoms with Gasteiger partial charge in [0.1, 0.15) is 11.3 Å².